The average molecular weight is 314 g/mol. The van der Waals surface area contributed by atoms with Crippen LogP contribution in [0.3, 0.4) is 0 Å². The first-order chi connectivity index (χ1) is 9.10. The highest BCUT2D eigenvalue weighted by Gasteiger charge is 2.20. The van der Waals surface area contributed by atoms with Gasteiger partial charge in [-0.15, -0.1) is 0 Å². The lowest BCUT2D eigenvalue weighted by molar-refractivity contribution is 0.721. The van der Waals surface area contributed by atoms with Crippen LogP contribution in [-0.4, -0.2) is 15.4 Å². The largest absolute Gasteiger partial charge is 0.327 e. The van der Waals surface area contributed by atoms with Gasteiger partial charge >= 0.3 is 0 Å². The molecule has 6 heteroatoms. The Kier molecular flexibility index (Phi) is 5.21. The van der Waals surface area contributed by atoms with Gasteiger partial charge in [0.1, 0.15) is 5.82 Å². The molecule has 2 aromatic rings. The fourth-order valence-corrected chi connectivity index (χ4v) is 3.87. The van der Waals surface area contributed by atoms with Gasteiger partial charge in [0.25, 0.3) is 0 Å². The summed E-state index contributed by atoms with van der Waals surface area (Å²) >= 11 is 9.14. The molecule has 0 saturated carbocycles. The van der Waals surface area contributed by atoms with Crippen molar-refractivity contribution in [1.82, 2.24) is 9.36 Å². The van der Waals surface area contributed by atoms with E-state index in [9.17, 15) is 0 Å². The van der Waals surface area contributed by atoms with Crippen molar-refractivity contribution in [3.63, 3.8) is 0 Å². The number of aryl methyl sites for hydroxylation is 1. The second-order valence-corrected chi connectivity index (χ2v) is 6.86. The number of thioether (sulfide) groups is 1. The standard InChI is InChI=1S/C13H16ClN3S2/c1-3-11-16-13(19-17-11)18-12(8(2)15)9-5-4-6-10(14)7-9/h4-8,12H,3,15H2,1-2H3. The summed E-state index contributed by atoms with van der Waals surface area (Å²) in [7, 11) is 0. The van der Waals surface area contributed by atoms with Crippen LogP contribution in [0.1, 0.15) is 30.5 Å². The summed E-state index contributed by atoms with van der Waals surface area (Å²) in [5, 5.41) is 0.867. The van der Waals surface area contributed by atoms with Crippen LogP contribution in [0.2, 0.25) is 5.02 Å². The van der Waals surface area contributed by atoms with E-state index in [0.29, 0.717) is 0 Å². The van der Waals surface area contributed by atoms with Gasteiger partial charge in [0.2, 0.25) is 0 Å². The van der Waals surface area contributed by atoms with Crippen molar-refractivity contribution in [2.75, 3.05) is 0 Å². The number of benzene rings is 1. The van der Waals surface area contributed by atoms with Crippen molar-refractivity contribution in [2.45, 2.75) is 35.9 Å². The Morgan fingerprint density at radius 2 is 2.26 bits per heavy atom. The molecular weight excluding hydrogens is 298 g/mol. The van der Waals surface area contributed by atoms with Crippen molar-refractivity contribution >= 4 is 34.9 Å². The van der Waals surface area contributed by atoms with E-state index in [1.165, 1.54) is 11.5 Å². The van der Waals surface area contributed by atoms with Crippen LogP contribution in [0.15, 0.2) is 28.6 Å². The summed E-state index contributed by atoms with van der Waals surface area (Å²) in [6, 6.07) is 7.84. The van der Waals surface area contributed by atoms with E-state index < -0.39 is 0 Å². The molecule has 0 spiro atoms. The molecule has 0 aliphatic rings. The summed E-state index contributed by atoms with van der Waals surface area (Å²) in [4.78, 5) is 4.48. The normalized spacial score (nSPS) is 14.3. The van der Waals surface area contributed by atoms with Crippen molar-refractivity contribution in [1.29, 1.82) is 0 Å². The first kappa shape index (κ1) is 14.8. The van der Waals surface area contributed by atoms with E-state index >= 15 is 0 Å². The first-order valence-electron chi connectivity index (χ1n) is 6.10. The van der Waals surface area contributed by atoms with Gasteiger partial charge in [-0.05, 0) is 36.2 Å². The number of rotatable bonds is 5. The fourth-order valence-electron chi connectivity index (χ4n) is 1.70. The van der Waals surface area contributed by atoms with E-state index in [4.69, 9.17) is 17.3 Å². The van der Waals surface area contributed by atoms with Gasteiger partial charge in [0.05, 0.1) is 5.25 Å². The van der Waals surface area contributed by atoms with Crippen LogP contribution in [-0.2, 0) is 6.42 Å². The molecule has 0 saturated heterocycles. The molecule has 1 heterocycles. The lowest BCUT2D eigenvalue weighted by Gasteiger charge is -2.19. The number of halogens is 1. The number of nitrogens with two attached hydrogens (primary N) is 1. The van der Waals surface area contributed by atoms with E-state index in [0.717, 1.165) is 27.2 Å². The number of hydrogen-bond acceptors (Lipinski definition) is 5. The molecule has 0 amide bonds. The number of aromatic nitrogens is 2. The molecular formula is C13H16ClN3S2. The highest BCUT2D eigenvalue weighted by molar-refractivity contribution is 8.01. The lowest BCUT2D eigenvalue weighted by atomic mass is 10.1. The molecule has 102 valence electrons. The molecule has 3 nitrogen and oxygen atoms in total. The summed E-state index contributed by atoms with van der Waals surface area (Å²) in [6.45, 7) is 4.05. The van der Waals surface area contributed by atoms with Crippen LogP contribution < -0.4 is 5.73 Å². The number of hydrogen-bond donors (Lipinski definition) is 1. The highest BCUT2D eigenvalue weighted by atomic mass is 35.5. The van der Waals surface area contributed by atoms with Crippen molar-refractivity contribution < 1.29 is 0 Å². The zero-order valence-corrected chi connectivity index (χ0v) is 13.2. The predicted octanol–water partition coefficient (Wildman–Crippen LogP) is 3.93. The van der Waals surface area contributed by atoms with Crippen molar-refractivity contribution in [2.24, 2.45) is 5.73 Å². The van der Waals surface area contributed by atoms with Gasteiger partial charge in [-0.2, -0.15) is 4.37 Å². The number of nitrogens with zero attached hydrogens (tertiary/aromatic N) is 2. The van der Waals surface area contributed by atoms with Gasteiger partial charge in [-0.1, -0.05) is 42.4 Å². The van der Waals surface area contributed by atoms with E-state index in [1.807, 2.05) is 25.1 Å². The Labute approximate surface area is 126 Å². The minimum Gasteiger partial charge on any atom is -0.327 e. The SMILES string of the molecule is CCc1nsc(SC(c2cccc(Cl)c2)C(C)N)n1. The summed E-state index contributed by atoms with van der Waals surface area (Å²) < 4.78 is 5.26. The topological polar surface area (TPSA) is 51.8 Å². The zero-order valence-electron chi connectivity index (χ0n) is 10.8. The first-order valence-corrected chi connectivity index (χ1v) is 8.13. The minimum atomic E-state index is 0.0115. The van der Waals surface area contributed by atoms with Gasteiger partial charge < -0.3 is 5.73 Å². The molecule has 2 N–H and O–H groups in total. The average Bonchev–Trinajstić information content (AvgIpc) is 2.83. The van der Waals surface area contributed by atoms with E-state index in [1.54, 1.807) is 11.8 Å². The molecule has 0 aliphatic heterocycles. The van der Waals surface area contributed by atoms with Crippen LogP contribution in [0.4, 0.5) is 0 Å². The van der Waals surface area contributed by atoms with Gasteiger partial charge in [-0.3, -0.25) is 0 Å². The van der Waals surface area contributed by atoms with Crippen LogP contribution in [0.5, 0.6) is 0 Å². The Balaban J connectivity index is 2.21. The quantitative estimate of drug-likeness (QED) is 0.850. The third-order valence-electron chi connectivity index (χ3n) is 2.65. The Bertz CT molecular complexity index is 542. The predicted molar refractivity (Wildman–Crippen MR) is 83.0 cm³/mol. The molecule has 0 bridgehead atoms. The lowest BCUT2D eigenvalue weighted by Crippen LogP contribution is -2.22. The van der Waals surface area contributed by atoms with Gasteiger partial charge in [0.15, 0.2) is 4.34 Å². The van der Waals surface area contributed by atoms with Crippen LogP contribution in [0.25, 0.3) is 0 Å². The monoisotopic (exact) mass is 313 g/mol. The van der Waals surface area contributed by atoms with E-state index in [2.05, 4.69) is 22.3 Å². The fraction of sp³-hybridized carbons (Fsp3) is 0.385. The Hall–Kier alpha value is -0.620. The maximum Gasteiger partial charge on any atom is 0.170 e. The molecule has 2 rings (SSSR count). The molecule has 2 atom stereocenters. The highest BCUT2D eigenvalue weighted by Crippen LogP contribution is 2.38. The Morgan fingerprint density at radius 1 is 1.47 bits per heavy atom. The third kappa shape index (κ3) is 3.92. The zero-order chi connectivity index (χ0) is 13.8. The van der Waals surface area contributed by atoms with Crippen LogP contribution in [0, 0.1) is 0 Å². The van der Waals surface area contributed by atoms with E-state index in [-0.39, 0.29) is 11.3 Å². The van der Waals surface area contributed by atoms with Gasteiger partial charge in [-0.25, -0.2) is 4.98 Å². The second-order valence-electron chi connectivity index (χ2n) is 4.28. The molecule has 1 aromatic carbocycles. The summed E-state index contributed by atoms with van der Waals surface area (Å²) in [5.41, 5.74) is 7.22. The maximum atomic E-state index is 6.10. The Morgan fingerprint density at radius 3 is 2.84 bits per heavy atom. The molecule has 0 radical (unpaired) electrons. The molecule has 19 heavy (non-hydrogen) atoms. The van der Waals surface area contributed by atoms with Crippen molar-refractivity contribution in [3.8, 4) is 0 Å². The summed E-state index contributed by atoms with van der Waals surface area (Å²) in [6.07, 6.45) is 0.858. The van der Waals surface area contributed by atoms with Crippen LogP contribution >= 0.6 is 34.9 Å². The molecule has 0 fully saturated rings. The molecule has 2 unspecified atom stereocenters. The second kappa shape index (κ2) is 6.70. The minimum absolute atomic E-state index is 0.0115. The smallest absolute Gasteiger partial charge is 0.170 e. The third-order valence-corrected chi connectivity index (χ3v) is 5.19. The maximum absolute atomic E-state index is 6.10. The summed E-state index contributed by atoms with van der Waals surface area (Å²) in [5.74, 6) is 0.891. The van der Waals surface area contributed by atoms with Gasteiger partial charge in [0, 0.05) is 17.5 Å². The van der Waals surface area contributed by atoms with Crippen molar-refractivity contribution in [3.05, 3.63) is 40.7 Å². The molecule has 0 aliphatic carbocycles. The molecule has 1 aromatic heterocycles.